The molecule has 0 saturated carbocycles. The highest BCUT2D eigenvalue weighted by atomic mass is 79.9. The number of hydrogen-bond acceptors (Lipinski definition) is 1. The Balaban J connectivity index is 3.19. The van der Waals surface area contributed by atoms with E-state index in [-0.39, 0.29) is 0 Å². The van der Waals surface area contributed by atoms with Gasteiger partial charge in [-0.05, 0) is 29.8 Å². The van der Waals surface area contributed by atoms with Crippen molar-refractivity contribution in [1.82, 2.24) is 0 Å². The van der Waals surface area contributed by atoms with Crippen molar-refractivity contribution < 1.29 is 4.79 Å². The first kappa shape index (κ1) is 9.23. The van der Waals surface area contributed by atoms with Gasteiger partial charge in [0.25, 0.3) is 5.24 Å². The van der Waals surface area contributed by atoms with Gasteiger partial charge in [-0.2, -0.15) is 0 Å². The smallest absolute Gasteiger partial charge is 0.252 e. The molecule has 0 aliphatic heterocycles. The van der Waals surface area contributed by atoms with Crippen LogP contribution in [0.1, 0.15) is 10.4 Å². The number of benzene rings is 1. The summed E-state index contributed by atoms with van der Waals surface area (Å²) in [6.45, 7) is 0. The van der Waals surface area contributed by atoms with Crippen molar-refractivity contribution in [2.45, 2.75) is 0 Å². The van der Waals surface area contributed by atoms with E-state index >= 15 is 0 Å². The Bertz CT molecular complexity index is 278. The summed E-state index contributed by atoms with van der Waals surface area (Å²) in [4.78, 5) is 10.7. The largest absolute Gasteiger partial charge is 0.276 e. The summed E-state index contributed by atoms with van der Waals surface area (Å²) in [5.74, 6) is 0. The Hall–Kier alpha value is 0.140. The average molecular weight is 298 g/mol. The number of halogens is 3. The molecule has 1 nitrogen and oxygen atoms in total. The fourth-order valence-corrected chi connectivity index (χ4v) is 2.07. The standard InChI is InChI=1S/C7H3Br2ClO/c8-5-1-4(7(10)11)2-6(9)3-5/h1-3H. The summed E-state index contributed by atoms with van der Waals surface area (Å²) in [6, 6.07) is 5.17. The second kappa shape index (κ2) is 3.70. The molecule has 1 aromatic rings. The minimum Gasteiger partial charge on any atom is -0.276 e. The normalized spacial score (nSPS) is 9.73. The molecule has 0 heterocycles. The number of rotatable bonds is 1. The van der Waals surface area contributed by atoms with Crippen LogP contribution in [-0.4, -0.2) is 5.24 Å². The third-order valence-corrected chi connectivity index (χ3v) is 2.22. The maximum atomic E-state index is 10.7. The van der Waals surface area contributed by atoms with Gasteiger partial charge in [-0.25, -0.2) is 0 Å². The van der Waals surface area contributed by atoms with Crippen molar-refractivity contribution in [2.75, 3.05) is 0 Å². The molecular weight excluding hydrogens is 295 g/mol. The zero-order valence-electron chi connectivity index (χ0n) is 5.27. The minimum absolute atomic E-state index is 0.452. The first-order valence-electron chi connectivity index (χ1n) is 2.75. The van der Waals surface area contributed by atoms with E-state index in [0.717, 1.165) is 8.95 Å². The van der Waals surface area contributed by atoms with Gasteiger partial charge in [-0.15, -0.1) is 0 Å². The maximum Gasteiger partial charge on any atom is 0.252 e. The molecule has 0 unspecified atom stereocenters. The van der Waals surface area contributed by atoms with Crippen LogP contribution < -0.4 is 0 Å². The Morgan fingerprint density at radius 2 is 1.64 bits per heavy atom. The van der Waals surface area contributed by atoms with Crippen LogP contribution in [0.2, 0.25) is 0 Å². The molecule has 1 aromatic carbocycles. The van der Waals surface area contributed by atoms with Gasteiger partial charge in [0.15, 0.2) is 0 Å². The summed E-state index contributed by atoms with van der Waals surface area (Å²) in [6.07, 6.45) is 0. The zero-order valence-corrected chi connectivity index (χ0v) is 9.20. The van der Waals surface area contributed by atoms with Crippen LogP contribution in [0.3, 0.4) is 0 Å². The van der Waals surface area contributed by atoms with Crippen LogP contribution in [0.15, 0.2) is 27.1 Å². The number of carbonyl (C=O) groups excluding carboxylic acids is 1. The zero-order chi connectivity index (χ0) is 8.43. The fourth-order valence-electron chi connectivity index (χ4n) is 0.667. The van der Waals surface area contributed by atoms with Gasteiger partial charge in [0.2, 0.25) is 0 Å². The van der Waals surface area contributed by atoms with Crippen LogP contribution >= 0.6 is 43.5 Å². The highest BCUT2D eigenvalue weighted by molar-refractivity contribution is 9.11. The van der Waals surface area contributed by atoms with Crippen LogP contribution in [0.5, 0.6) is 0 Å². The summed E-state index contributed by atoms with van der Waals surface area (Å²) in [5.41, 5.74) is 0.480. The third-order valence-electron chi connectivity index (χ3n) is 1.09. The Kier molecular flexibility index (Phi) is 3.10. The Morgan fingerprint density at radius 1 is 1.18 bits per heavy atom. The van der Waals surface area contributed by atoms with Crippen LogP contribution in [0, 0.1) is 0 Å². The van der Waals surface area contributed by atoms with Crippen LogP contribution in [0.4, 0.5) is 0 Å². The topological polar surface area (TPSA) is 17.1 Å². The highest BCUT2D eigenvalue weighted by Gasteiger charge is 2.02. The van der Waals surface area contributed by atoms with E-state index in [4.69, 9.17) is 11.6 Å². The molecule has 0 spiro atoms. The first-order chi connectivity index (χ1) is 5.09. The molecule has 58 valence electrons. The van der Waals surface area contributed by atoms with Gasteiger partial charge in [0.05, 0.1) is 0 Å². The second-order valence-electron chi connectivity index (χ2n) is 1.93. The maximum absolute atomic E-state index is 10.7. The predicted octanol–water partition coefficient (Wildman–Crippen LogP) is 3.59. The molecule has 0 amide bonds. The van der Waals surface area contributed by atoms with Crippen LogP contribution in [-0.2, 0) is 0 Å². The summed E-state index contributed by atoms with van der Waals surface area (Å²) >= 11 is 11.7. The van der Waals surface area contributed by atoms with E-state index in [2.05, 4.69) is 31.9 Å². The molecule has 0 saturated heterocycles. The molecule has 11 heavy (non-hydrogen) atoms. The predicted molar refractivity (Wildman–Crippen MR) is 52.0 cm³/mol. The summed E-state index contributed by atoms with van der Waals surface area (Å²) in [7, 11) is 0. The molecule has 0 aliphatic rings. The lowest BCUT2D eigenvalue weighted by molar-refractivity contribution is 0.108. The van der Waals surface area contributed by atoms with E-state index in [0.29, 0.717) is 5.56 Å². The molecule has 0 radical (unpaired) electrons. The molecule has 0 fully saturated rings. The van der Waals surface area contributed by atoms with Crippen LogP contribution in [0.25, 0.3) is 0 Å². The molecule has 1 rings (SSSR count). The lowest BCUT2D eigenvalue weighted by atomic mass is 10.2. The van der Waals surface area contributed by atoms with Crippen molar-refractivity contribution in [3.8, 4) is 0 Å². The van der Waals surface area contributed by atoms with Gasteiger partial charge in [-0.3, -0.25) is 4.79 Å². The van der Waals surface area contributed by atoms with Crippen molar-refractivity contribution in [1.29, 1.82) is 0 Å². The van der Waals surface area contributed by atoms with E-state index in [9.17, 15) is 4.79 Å². The quantitative estimate of drug-likeness (QED) is 0.724. The molecule has 0 atom stereocenters. The Morgan fingerprint density at radius 3 is 2.00 bits per heavy atom. The lowest BCUT2D eigenvalue weighted by Crippen LogP contribution is -1.87. The van der Waals surface area contributed by atoms with Gasteiger partial charge < -0.3 is 0 Å². The number of hydrogen-bond donors (Lipinski definition) is 0. The molecule has 4 heteroatoms. The van der Waals surface area contributed by atoms with Crippen molar-refractivity contribution in [3.63, 3.8) is 0 Å². The SMILES string of the molecule is O=C(Cl)c1cc(Br)cc(Br)c1. The first-order valence-corrected chi connectivity index (χ1v) is 4.72. The molecule has 0 N–H and O–H groups in total. The van der Waals surface area contributed by atoms with Crippen molar-refractivity contribution >= 4 is 48.7 Å². The second-order valence-corrected chi connectivity index (χ2v) is 4.11. The van der Waals surface area contributed by atoms with E-state index < -0.39 is 5.24 Å². The third kappa shape index (κ3) is 2.58. The average Bonchev–Trinajstić information content (AvgIpc) is 1.85. The monoisotopic (exact) mass is 296 g/mol. The van der Waals surface area contributed by atoms with E-state index in [1.807, 2.05) is 6.07 Å². The van der Waals surface area contributed by atoms with Gasteiger partial charge in [0, 0.05) is 14.5 Å². The summed E-state index contributed by atoms with van der Waals surface area (Å²) in [5, 5.41) is -0.452. The Labute approximate surface area is 86.0 Å². The molecule has 0 bridgehead atoms. The van der Waals surface area contributed by atoms with Gasteiger partial charge in [0.1, 0.15) is 0 Å². The fraction of sp³-hybridized carbons (Fsp3) is 0. The molecular formula is C7H3Br2ClO. The van der Waals surface area contributed by atoms with Gasteiger partial charge >= 0.3 is 0 Å². The minimum atomic E-state index is -0.452. The van der Waals surface area contributed by atoms with E-state index in [1.54, 1.807) is 12.1 Å². The number of carbonyl (C=O) groups is 1. The van der Waals surface area contributed by atoms with Crippen molar-refractivity contribution in [3.05, 3.63) is 32.7 Å². The molecule has 0 aliphatic carbocycles. The highest BCUT2D eigenvalue weighted by Crippen LogP contribution is 2.20. The van der Waals surface area contributed by atoms with Gasteiger partial charge in [-0.1, -0.05) is 31.9 Å². The van der Waals surface area contributed by atoms with Crippen molar-refractivity contribution in [2.24, 2.45) is 0 Å². The summed E-state index contributed by atoms with van der Waals surface area (Å²) < 4.78 is 1.66. The lowest BCUT2D eigenvalue weighted by Gasteiger charge is -1.96. The van der Waals surface area contributed by atoms with E-state index in [1.165, 1.54) is 0 Å². The molecule has 0 aromatic heterocycles.